The maximum absolute atomic E-state index is 12.7. The summed E-state index contributed by atoms with van der Waals surface area (Å²) in [6.07, 6.45) is 4.29. The third-order valence-electron chi connectivity index (χ3n) is 3.92. The van der Waals surface area contributed by atoms with Crippen molar-refractivity contribution in [2.45, 2.75) is 51.4 Å². The number of nitrogens with one attached hydrogen (secondary N) is 1. The molecule has 1 aliphatic rings. The van der Waals surface area contributed by atoms with Gasteiger partial charge >= 0.3 is 0 Å². The number of nitrogens with zero attached hydrogens (tertiary/aromatic N) is 1. The zero-order valence-corrected chi connectivity index (χ0v) is 14.9. The summed E-state index contributed by atoms with van der Waals surface area (Å²) in [5.41, 5.74) is 0. The van der Waals surface area contributed by atoms with Crippen molar-refractivity contribution in [2.24, 2.45) is 5.92 Å². The van der Waals surface area contributed by atoms with Crippen LogP contribution in [0.1, 0.15) is 50.6 Å². The van der Waals surface area contributed by atoms with E-state index in [0.29, 0.717) is 24.0 Å². The van der Waals surface area contributed by atoms with Gasteiger partial charge in [0.15, 0.2) is 5.76 Å². The maximum Gasteiger partial charge on any atom is 0.291 e. The fourth-order valence-corrected chi connectivity index (χ4v) is 4.16. The van der Waals surface area contributed by atoms with E-state index in [0.717, 1.165) is 19.3 Å². The summed E-state index contributed by atoms with van der Waals surface area (Å²) in [4.78, 5) is 26.9. The number of rotatable bonds is 7. The molecule has 2 atom stereocenters. The van der Waals surface area contributed by atoms with Crippen LogP contribution in [0, 0.1) is 5.92 Å². The van der Waals surface area contributed by atoms with Crippen LogP contribution in [-0.2, 0) is 4.79 Å². The minimum absolute atomic E-state index is 0.0402. The van der Waals surface area contributed by atoms with Crippen molar-refractivity contribution in [3.8, 4) is 0 Å². The SMILES string of the molecule is CCCC1SCC(C(=O)NCCC(C)C)N1C(=O)c1ccco1. The number of furan rings is 1. The molecular weight excluding hydrogens is 312 g/mol. The molecule has 2 unspecified atom stereocenters. The Balaban J connectivity index is 2.07. The summed E-state index contributed by atoms with van der Waals surface area (Å²) >= 11 is 1.68. The van der Waals surface area contributed by atoms with Crippen molar-refractivity contribution in [1.29, 1.82) is 0 Å². The minimum atomic E-state index is -0.415. The lowest BCUT2D eigenvalue weighted by Crippen LogP contribution is -2.50. The minimum Gasteiger partial charge on any atom is -0.459 e. The first-order valence-electron chi connectivity index (χ1n) is 8.30. The summed E-state index contributed by atoms with van der Waals surface area (Å²) in [6.45, 7) is 6.99. The predicted octanol–water partition coefficient (Wildman–Crippen LogP) is 3.13. The van der Waals surface area contributed by atoms with Crippen LogP contribution in [0.3, 0.4) is 0 Å². The van der Waals surface area contributed by atoms with Crippen LogP contribution in [0.15, 0.2) is 22.8 Å². The monoisotopic (exact) mass is 338 g/mol. The van der Waals surface area contributed by atoms with Gasteiger partial charge in [0, 0.05) is 12.3 Å². The lowest BCUT2D eigenvalue weighted by atomic mass is 10.1. The summed E-state index contributed by atoms with van der Waals surface area (Å²) < 4.78 is 5.24. The molecule has 0 radical (unpaired) electrons. The Kier molecular flexibility index (Phi) is 6.57. The molecule has 0 saturated carbocycles. The molecular formula is C17H26N2O3S. The highest BCUT2D eigenvalue weighted by atomic mass is 32.2. The molecule has 1 aliphatic heterocycles. The number of carbonyl (C=O) groups excluding carboxylic acids is 2. The van der Waals surface area contributed by atoms with Crippen LogP contribution in [0.4, 0.5) is 0 Å². The molecule has 1 saturated heterocycles. The Labute approximate surface area is 142 Å². The van der Waals surface area contributed by atoms with Crippen molar-refractivity contribution in [2.75, 3.05) is 12.3 Å². The van der Waals surface area contributed by atoms with Crippen LogP contribution < -0.4 is 5.32 Å². The Morgan fingerprint density at radius 2 is 2.26 bits per heavy atom. The van der Waals surface area contributed by atoms with Gasteiger partial charge in [0.05, 0.1) is 11.6 Å². The highest BCUT2D eigenvalue weighted by Crippen LogP contribution is 2.33. The van der Waals surface area contributed by atoms with Crippen molar-refractivity contribution >= 4 is 23.6 Å². The molecule has 2 heterocycles. The van der Waals surface area contributed by atoms with Crippen LogP contribution in [-0.4, -0.2) is 40.4 Å². The topological polar surface area (TPSA) is 62.6 Å². The van der Waals surface area contributed by atoms with Crippen molar-refractivity contribution in [1.82, 2.24) is 10.2 Å². The van der Waals surface area contributed by atoms with E-state index in [1.807, 2.05) is 0 Å². The lowest BCUT2D eigenvalue weighted by Gasteiger charge is -2.28. The number of amides is 2. The first-order chi connectivity index (χ1) is 11.0. The van der Waals surface area contributed by atoms with E-state index < -0.39 is 6.04 Å². The third-order valence-corrected chi connectivity index (χ3v) is 5.27. The van der Waals surface area contributed by atoms with E-state index >= 15 is 0 Å². The molecule has 0 spiro atoms. The van der Waals surface area contributed by atoms with E-state index in [-0.39, 0.29) is 17.2 Å². The molecule has 1 N–H and O–H groups in total. The van der Waals surface area contributed by atoms with Gasteiger partial charge in [-0.25, -0.2) is 0 Å². The van der Waals surface area contributed by atoms with Gasteiger partial charge in [-0.3, -0.25) is 9.59 Å². The van der Waals surface area contributed by atoms with Gasteiger partial charge in [0.1, 0.15) is 6.04 Å². The van der Waals surface area contributed by atoms with Crippen LogP contribution in [0.2, 0.25) is 0 Å². The number of carbonyl (C=O) groups is 2. The van der Waals surface area contributed by atoms with E-state index in [4.69, 9.17) is 4.42 Å². The molecule has 23 heavy (non-hydrogen) atoms. The van der Waals surface area contributed by atoms with Crippen molar-refractivity contribution in [3.63, 3.8) is 0 Å². The standard InChI is InChI=1S/C17H26N2O3S/c1-4-6-15-19(17(21)14-7-5-10-22-14)13(11-23-15)16(20)18-9-8-12(2)3/h5,7,10,12-13,15H,4,6,8-9,11H2,1-3H3,(H,18,20). The second-order valence-electron chi connectivity index (χ2n) is 6.26. The quantitative estimate of drug-likeness (QED) is 0.830. The number of hydrogen-bond donors (Lipinski definition) is 1. The Bertz CT molecular complexity index is 516. The fourth-order valence-electron chi connectivity index (χ4n) is 2.64. The Hall–Kier alpha value is -1.43. The molecule has 6 heteroatoms. The molecule has 1 aromatic heterocycles. The molecule has 0 aromatic carbocycles. The van der Waals surface area contributed by atoms with Gasteiger partial charge in [0.2, 0.25) is 5.91 Å². The smallest absolute Gasteiger partial charge is 0.291 e. The highest BCUT2D eigenvalue weighted by Gasteiger charge is 2.42. The summed E-state index contributed by atoms with van der Waals surface area (Å²) in [5.74, 6) is 1.24. The van der Waals surface area contributed by atoms with Gasteiger partial charge in [-0.15, -0.1) is 11.8 Å². The fraction of sp³-hybridized carbons (Fsp3) is 0.647. The van der Waals surface area contributed by atoms with Crippen molar-refractivity contribution < 1.29 is 14.0 Å². The molecule has 0 bridgehead atoms. The first kappa shape index (κ1) is 17.9. The molecule has 2 amide bonds. The lowest BCUT2D eigenvalue weighted by molar-refractivity contribution is -0.124. The molecule has 128 valence electrons. The predicted molar refractivity (Wildman–Crippen MR) is 92.3 cm³/mol. The van der Waals surface area contributed by atoms with Gasteiger partial charge in [-0.1, -0.05) is 27.2 Å². The third kappa shape index (κ3) is 4.53. The number of thioether (sulfide) groups is 1. The Morgan fingerprint density at radius 3 is 2.87 bits per heavy atom. The van der Waals surface area contributed by atoms with E-state index in [1.54, 1.807) is 28.8 Å². The van der Waals surface area contributed by atoms with Gasteiger partial charge < -0.3 is 14.6 Å². The zero-order chi connectivity index (χ0) is 16.8. The van der Waals surface area contributed by atoms with E-state index in [2.05, 4.69) is 26.1 Å². The average Bonchev–Trinajstić information content (AvgIpc) is 3.16. The van der Waals surface area contributed by atoms with E-state index in [1.165, 1.54) is 6.26 Å². The highest BCUT2D eigenvalue weighted by molar-refractivity contribution is 8.00. The van der Waals surface area contributed by atoms with Crippen molar-refractivity contribution in [3.05, 3.63) is 24.2 Å². The van der Waals surface area contributed by atoms with Gasteiger partial charge in [0.25, 0.3) is 5.91 Å². The Morgan fingerprint density at radius 1 is 1.48 bits per heavy atom. The van der Waals surface area contributed by atoms with Crippen LogP contribution >= 0.6 is 11.8 Å². The van der Waals surface area contributed by atoms with Crippen LogP contribution in [0.5, 0.6) is 0 Å². The molecule has 5 nitrogen and oxygen atoms in total. The second-order valence-corrected chi connectivity index (χ2v) is 7.47. The van der Waals surface area contributed by atoms with Gasteiger partial charge in [-0.2, -0.15) is 0 Å². The average molecular weight is 338 g/mol. The normalized spacial score (nSPS) is 21.0. The summed E-state index contributed by atoms with van der Waals surface area (Å²) in [6, 6.07) is 2.94. The number of hydrogen-bond acceptors (Lipinski definition) is 4. The second kappa shape index (κ2) is 8.43. The molecule has 2 rings (SSSR count). The summed E-state index contributed by atoms with van der Waals surface area (Å²) in [5, 5.41) is 3.01. The molecule has 1 aromatic rings. The van der Waals surface area contributed by atoms with E-state index in [9.17, 15) is 9.59 Å². The van der Waals surface area contributed by atoms with Gasteiger partial charge in [-0.05, 0) is 30.9 Å². The molecule has 1 fully saturated rings. The van der Waals surface area contributed by atoms with Crippen LogP contribution in [0.25, 0.3) is 0 Å². The first-order valence-corrected chi connectivity index (χ1v) is 9.35. The zero-order valence-electron chi connectivity index (χ0n) is 14.1. The maximum atomic E-state index is 12.7. The summed E-state index contributed by atoms with van der Waals surface area (Å²) in [7, 11) is 0. The molecule has 0 aliphatic carbocycles. The largest absolute Gasteiger partial charge is 0.459 e.